The lowest BCUT2D eigenvalue weighted by atomic mass is 9.98. The molecule has 4 atom stereocenters. The highest BCUT2D eigenvalue weighted by molar-refractivity contribution is 7.86. The average Bonchev–Trinajstić information content (AvgIpc) is 3.23. The van der Waals surface area contributed by atoms with Crippen LogP contribution in [0.1, 0.15) is 84.0 Å². The number of hydrazine groups is 1. The van der Waals surface area contributed by atoms with E-state index < -0.39 is 10.1 Å². The first-order chi connectivity index (χ1) is 13.5. The molecular weight excluding hydrogens is 376 g/mol. The van der Waals surface area contributed by atoms with Gasteiger partial charge in [-0.25, -0.2) is 5.01 Å². The molecule has 0 radical (unpaired) electrons. The molecule has 1 aliphatic heterocycles. The molecule has 0 bridgehead atoms. The van der Waals surface area contributed by atoms with Gasteiger partial charge in [0, 0.05) is 25.2 Å². The molecule has 0 spiro atoms. The SMILES string of the molecule is CCCC[C@@H](CS(=O)(=O)OC1CCCCC1)NN1[C@@H](COC)C[C@H]2CCC[C@H]21. The molecule has 6 nitrogen and oxygen atoms in total. The molecule has 0 aromatic heterocycles. The number of fused-ring (bicyclic) bond motifs is 1. The van der Waals surface area contributed by atoms with E-state index in [4.69, 9.17) is 8.92 Å². The highest BCUT2D eigenvalue weighted by Crippen LogP contribution is 2.40. The van der Waals surface area contributed by atoms with E-state index >= 15 is 0 Å². The molecule has 3 rings (SSSR count). The van der Waals surface area contributed by atoms with Gasteiger partial charge in [-0.3, -0.25) is 9.61 Å². The van der Waals surface area contributed by atoms with Crippen LogP contribution in [-0.2, 0) is 19.0 Å². The summed E-state index contributed by atoms with van der Waals surface area (Å²) in [7, 11) is -1.77. The van der Waals surface area contributed by atoms with Gasteiger partial charge in [-0.2, -0.15) is 8.42 Å². The van der Waals surface area contributed by atoms with E-state index in [1.165, 1.54) is 25.7 Å². The van der Waals surface area contributed by atoms with Crippen LogP contribution in [0.3, 0.4) is 0 Å². The molecule has 7 heteroatoms. The fourth-order valence-corrected chi connectivity index (χ4v) is 6.85. The third-order valence-electron chi connectivity index (χ3n) is 6.78. The quantitative estimate of drug-likeness (QED) is 0.519. The summed E-state index contributed by atoms with van der Waals surface area (Å²) in [5.41, 5.74) is 3.64. The van der Waals surface area contributed by atoms with Crippen molar-refractivity contribution < 1.29 is 17.3 Å². The molecule has 2 aliphatic carbocycles. The molecule has 164 valence electrons. The third-order valence-corrected chi connectivity index (χ3v) is 8.16. The van der Waals surface area contributed by atoms with E-state index in [1.54, 1.807) is 7.11 Å². The molecule has 0 aromatic carbocycles. The number of unbranched alkanes of at least 4 members (excludes halogenated alkanes) is 1. The fourth-order valence-electron chi connectivity index (χ4n) is 5.43. The van der Waals surface area contributed by atoms with Gasteiger partial charge in [0.2, 0.25) is 0 Å². The van der Waals surface area contributed by atoms with Crippen LogP contribution < -0.4 is 5.43 Å². The molecule has 1 heterocycles. The number of nitrogens with zero attached hydrogens (tertiary/aromatic N) is 1. The summed E-state index contributed by atoms with van der Waals surface area (Å²) in [4.78, 5) is 0. The van der Waals surface area contributed by atoms with E-state index in [0.29, 0.717) is 18.7 Å². The number of rotatable bonds is 11. The minimum Gasteiger partial charge on any atom is -0.383 e. The van der Waals surface area contributed by atoms with Gasteiger partial charge in [-0.05, 0) is 44.4 Å². The largest absolute Gasteiger partial charge is 0.383 e. The summed E-state index contributed by atoms with van der Waals surface area (Å²) in [5.74, 6) is 0.784. The standard InChI is InChI=1S/C21H40N2O4S/c1-3-4-10-18(16-28(24,25)27-20-11-6-5-7-12-20)22-23-19(15-26-2)14-17-9-8-13-21(17)23/h17-22H,3-16H2,1-2H3/t17-,18+,19-,21-/m1/s1. The second kappa shape index (κ2) is 10.7. The van der Waals surface area contributed by atoms with Crippen molar-refractivity contribution in [2.24, 2.45) is 5.92 Å². The van der Waals surface area contributed by atoms with Crippen LogP contribution >= 0.6 is 0 Å². The Bertz CT molecular complexity index is 565. The van der Waals surface area contributed by atoms with Gasteiger partial charge in [0.15, 0.2) is 0 Å². The lowest BCUT2D eigenvalue weighted by molar-refractivity contribution is 0.0431. The highest BCUT2D eigenvalue weighted by atomic mass is 32.2. The minimum absolute atomic E-state index is 0.0666. The predicted octanol–water partition coefficient (Wildman–Crippen LogP) is 3.62. The zero-order chi connectivity index (χ0) is 20.0. The number of hydrogen-bond donors (Lipinski definition) is 1. The van der Waals surface area contributed by atoms with E-state index in [9.17, 15) is 8.42 Å². The Labute approximate surface area is 171 Å². The molecule has 2 saturated carbocycles. The van der Waals surface area contributed by atoms with E-state index in [0.717, 1.165) is 57.3 Å². The minimum atomic E-state index is -3.52. The molecule has 3 fully saturated rings. The summed E-state index contributed by atoms with van der Waals surface area (Å²) >= 11 is 0. The lowest BCUT2D eigenvalue weighted by Gasteiger charge is -2.34. The van der Waals surface area contributed by atoms with Crippen molar-refractivity contribution in [2.75, 3.05) is 19.5 Å². The maximum atomic E-state index is 12.8. The van der Waals surface area contributed by atoms with Crippen LogP contribution in [0.25, 0.3) is 0 Å². The molecule has 3 aliphatic rings. The van der Waals surface area contributed by atoms with Crippen molar-refractivity contribution in [3.63, 3.8) is 0 Å². The summed E-state index contributed by atoms with van der Waals surface area (Å²) in [5, 5.41) is 2.36. The van der Waals surface area contributed by atoms with Gasteiger partial charge in [-0.1, -0.05) is 45.4 Å². The van der Waals surface area contributed by atoms with Gasteiger partial charge >= 0.3 is 0 Å². The van der Waals surface area contributed by atoms with E-state index in [1.807, 2.05) is 0 Å². The number of methoxy groups -OCH3 is 1. The maximum Gasteiger partial charge on any atom is 0.269 e. The van der Waals surface area contributed by atoms with Crippen LogP contribution in [0.5, 0.6) is 0 Å². The van der Waals surface area contributed by atoms with E-state index in [2.05, 4.69) is 17.4 Å². The van der Waals surface area contributed by atoms with Gasteiger partial charge in [0.1, 0.15) is 0 Å². The topological polar surface area (TPSA) is 67.9 Å². The Morgan fingerprint density at radius 2 is 1.89 bits per heavy atom. The predicted molar refractivity (Wildman–Crippen MR) is 111 cm³/mol. The van der Waals surface area contributed by atoms with Gasteiger partial charge in [-0.15, -0.1) is 0 Å². The summed E-state index contributed by atoms with van der Waals surface area (Å²) in [6.45, 7) is 2.85. The lowest BCUT2D eigenvalue weighted by Crippen LogP contribution is -2.54. The summed E-state index contributed by atoms with van der Waals surface area (Å²) < 4.78 is 36.6. The summed E-state index contributed by atoms with van der Waals surface area (Å²) in [6.07, 6.45) is 12.8. The first-order valence-electron chi connectivity index (χ1n) is 11.5. The van der Waals surface area contributed by atoms with Crippen molar-refractivity contribution in [1.29, 1.82) is 0 Å². The van der Waals surface area contributed by atoms with Crippen LogP contribution in [-0.4, -0.2) is 57.1 Å². The second-order valence-corrected chi connectivity index (χ2v) is 10.7. The molecular formula is C21H40N2O4S. The van der Waals surface area contributed by atoms with Gasteiger partial charge in [0.05, 0.1) is 18.5 Å². The normalized spacial score (nSPS) is 30.6. The van der Waals surface area contributed by atoms with Crippen molar-refractivity contribution in [3.05, 3.63) is 0 Å². The van der Waals surface area contributed by atoms with Crippen molar-refractivity contribution >= 4 is 10.1 Å². The van der Waals surface area contributed by atoms with Crippen LogP contribution in [0, 0.1) is 5.92 Å². The van der Waals surface area contributed by atoms with Crippen LogP contribution in [0.2, 0.25) is 0 Å². The molecule has 1 N–H and O–H groups in total. The monoisotopic (exact) mass is 416 g/mol. The van der Waals surface area contributed by atoms with Crippen molar-refractivity contribution in [1.82, 2.24) is 10.4 Å². The van der Waals surface area contributed by atoms with E-state index in [-0.39, 0.29) is 17.9 Å². The zero-order valence-electron chi connectivity index (χ0n) is 17.8. The second-order valence-electron chi connectivity index (χ2n) is 9.06. The molecule has 1 saturated heterocycles. The molecule has 0 aromatic rings. The zero-order valence-corrected chi connectivity index (χ0v) is 18.6. The molecule has 28 heavy (non-hydrogen) atoms. The highest BCUT2D eigenvalue weighted by Gasteiger charge is 2.44. The average molecular weight is 417 g/mol. The molecule has 0 amide bonds. The maximum absolute atomic E-state index is 12.8. The number of ether oxygens (including phenoxy) is 1. The fraction of sp³-hybridized carbons (Fsp3) is 1.00. The first kappa shape index (κ1) is 22.5. The van der Waals surface area contributed by atoms with Gasteiger partial charge < -0.3 is 4.74 Å². The van der Waals surface area contributed by atoms with Crippen molar-refractivity contribution in [3.8, 4) is 0 Å². The van der Waals surface area contributed by atoms with Crippen LogP contribution in [0.4, 0.5) is 0 Å². The first-order valence-corrected chi connectivity index (χ1v) is 13.0. The Balaban J connectivity index is 1.63. The van der Waals surface area contributed by atoms with Gasteiger partial charge in [0.25, 0.3) is 10.1 Å². The Morgan fingerprint density at radius 3 is 2.61 bits per heavy atom. The third kappa shape index (κ3) is 6.14. The summed E-state index contributed by atoms with van der Waals surface area (Å²) in [6, 6.07) is 0.768. The Hall–Kier alpha value is -0.210. The van der Waals surface area contributed by atoms with Crippen LogP contribution in [0.15, 0.2) is 0 Å². The Morgan fingerprint density at radius 1 is 1.11 bits per heavy atom. The number of nitrogens with one attached hydrogen (secondary N) is 1. The van der Waals surface area contributed by atoms with Crippen molar-refractivity contribution in [2.45, 2.75) is 108 Å². The molecule has 0 unspecified atom stereocenters. The smallest absolute Gasteiger partial charge is 0.269 e. The Kier molecular flexibility index (Phi) is 8.60. The number of hydrogen-bond acceptors (Lipinski definition) is 6.